The second kappa shape index (κ2) is 6.32. The van der Waals surface area contributed by atoms with Crippen molar-refractivity contribution in [2.75, 3.05) is 11.9 Å². The van der Waals surface area contributed by atoms with Crippen LogP contribution in [-0.2, 0) is 6.54 Å². The molecule has 0 saturated carbocycles. The lowest BCUT2D eigenvalue weighted by molar-refractivity contribution is 0.666. The number of hydrogen-bond acceptors (Lipinski definition) is 7. The fourth-order valence-electron chi connectivity index (χ4n) is 1.58. The SMILES string of the molecule is CC(C)c1nsc(NCCn2cc(C#N)c(=O)[nH]c2=O)n1. The van der Waals surface area contributed by atoms with Crippen molar-refractivity contribution in [3.05, 3.63) is 38.4 Å². The minimum Gasteiger partial charge on any atom is -0.358 e. The molecule has 2 aromatic heterocycles. The van der Waals surface area contributed by atoms with Crippen molar-refractivity contribution in [2.45, 2.75) is 26.3 Å². The van der Waals surface area contributed by atoms with Crippen LogP contribution in [0.15, 0.2) is 15.8 Å². The molecule has 0 fully saturated rings. The van der Waals surface area contributed by atoms with Gasteiger partial charge >= 0.3 is 5.69 Å². The highest BCUT2D eigenvalue weighted by Gasteiger charge is 2.07. The molecule has 0 radical (unpaired) electrons. The van der Waals surface area contributed by atoms with Crippen molar-refractivity contribution in [2.24, 2.45) is 0 Å². The zero-order chi connectivity index (χ0) is 15.4. The van der Waals surface area contributed by atoms with Crippen molar-refractivity contribution in [3.8, 4) is 6.07 Å². The molecule has 21 heavy (non-hydrogen) atoms. The molecule has 0 unspecified atom stereocenters. The summed E-state index contributed by atoms with van der Waals surface area (Å²) < 4.78 is 5.48. The van der Waals surface area contributed by atoms with Gasteiger partial charge in [-0.1, -0.05) is 13.8 Å². The van der Waals surface area contributed by atoms with Gasteiger partial charge in [0.15, 0.2) is 0 Å². The maximum atomic E-state index is 11.6. The van der Waals surface area contributed by atoms with Gasteiger partial charge in [-0.2, -0.15) is 9.64 Å². The summed E-state index contributed by atoms with van der Waals surface area (Å²) in [6, 6.07) is 1.74. The highest BCUT2D eigenvalue weighted by molar-refractivity contribution is 7.09. The Hall–Kier alpha value is -2.47. The van der Waals surface area contributed by atoms with Gasteiger partial charge in [0.25, 0.3) is 5.56 Å². The summed E-state index contributed by atoms with van der Waals surface area (Å²) in [5.74, 6) is 1.03. The van der Waals surface area contributed by atoms with Crippen molar-refractivity contribution in [3.63, 3.8) is 0 Å². The van der Waals surface area contributed by atoms with Crippen LogP contribution in [0.2, 0.25) is 0 Å². The van der Waals surface area contributed by atoms with Gasteiger partial charge in [0.2, 0.25) is 5.13 Å². The molecule has 0 bridgehead atoms. The van der Waals surface area contributed by atoms with Gasteiger partial charge in [-0.15, -0.1) is 0 Å². The predicted molar refractivity (Wildman–Crippen MR) is 78.5 cm³/mol. The van der Waals surface area contributed by atoms with E-state index in [4.69, 9.17) is 5.26 Å². The molecule has 0 aliphatic heterocycles. The first-order chi connectivity index (χ1) is 10.0. The molecule has 0 spiro atoms. The Morgan fingerprint density at radius 3 is 2.90 bits per heavy atom. The molecule has 0 amide bonds. The summed E-state index contributed by atoms with van der Waals surface area (Å²) in [6.45, 7) is 4.76. The number of nitriles is 1. The maximum absolute atomic E-state index is 11.6. The number of rotatable bonds is 5. The number of H-pyrrole nitrogens is 1. The summed E-state index contributed by atoms with van der Waals surface area (Å²) in [5, 5.41) is 12.5. The van der Waals surface area contributed by atoms with E-state index in [1.54, 1.807) is 6.07 Å². The average Bonchev–Trinajstić information content (AvgIpc) is 2.90. The second-order valence-corrected chi connectivity index (χ2v) is 5.40. The van der Waals surface area contributed by atoms with Crippen LogP contribution in [0.4, 0.5) is 5.13 Å². The van der Waals surface area contributed by atoms with Crippen LogP contribution in [0.5, 0.6) is 0 Å². The van der Waals surface area contributed by atoms with Crippen LogP contribution in [0, 0.1) is 11.3 Å². The number of aromatic amines is 1. The number of aromatic nitrogens is 4. The van der Waals surface area contributed by atoms with Gasteiger partial charge < -0.3 is 5.32 Å². The summed E-state index contributed by atoms with van der Waals surface area (Å²) in [7, 11) is 0. The van der Waals surface area contributed by atoms with E-state index in [-0.39, 0.29) is 11.5 Å². The number of nitrogens with one attached hydrogen (secondary N) is 2. The van der Waals surface area contributed by atoms with Crippen LogP contribution in [0.25, 0.3) is 0 Å². The van der Waals surface area contributed by atoms with E-state index in [2.05, 4.69) is 19.7 Å². The van der Waals surface area contributed by atoms with E-state index in [9.17, 15) is 9.59 Å². The Morgan fingerprint density at radius 2 is 2.29 bits per heavy atom. The quantitative estimate of drug-likeness (QED) is 0.830. The largest absolute Gasteiger partial charge is 0.358 e. The van der Waals surface area contributed by atoms with Gasteiger partial charge in [-0.3, -0.25) is 14.3 Å². The molecule has 8 nitrogen and oxygen atoms in total. The summed E-state index contributed by atoms with van der Waals surface area (Å²) in [4.78, 5) is 29.3. The van der Waals surface area contributed by atoms with Crippen molar-refractivity contribution < 1.29 is 0 Å². The fraction of sp³-hybridized carbons (Fsp3) is 0.417. The molecule has 0 saturated heterocycles. The lowest BCUT2D eigenvalue weighted by atomic mass is 10.2. The van der Waals surface area contributed by atoms with E-state index in [1.807, 2.05) is 13.8 Å². The van der Waals surface area contributed by atoms with Gasteiger partial charge in [-0.05, 0) is 0 Å². The first kappa shape index (κ1) is 14.9. The molecule has 2 aromatic rings. The summed E-state index contributed by atoms with van der Waals surface area (Å²) >= 11 is 1.26. The molecule has 0 aliphatic carbocycles. The topological polar surface area (TPSA) is 116 Å². The Bertz CT molecular complexity index is 782. The van der Waals surface area contributed by atoms with Crippen molar-refractivity contribution in [1.29, 1.82) is 5.26 Å². The maximum Gasteiger partial charge on any atom is 0.328 e. The monoisotopic (exact) mass is 306 g/mol. The lowest BCUT2D eigenvalue weighted by Gasteiger charge is -2.05. The van der Waals surface area contributed by atoms with Gasteiger partial charge in [0, 0.05) is 36.7 Å². The Labute approximate surface area is 124 Å². The highest BCUT2D eigenvalue weighted by atomic mass is 32.1. The van der Waals surface area contributed by atoms with Gasteiger partial charge in [-0.25, -0.2) is 9.78 Å². The Morgan fingerprint density at radius 1 is 1.52 bits per heavy atom. The summed E-state index contributed by atoms with van der Waals surface area (Å²) in [6.07, 6.45) is 1.25. The van der Waals surface area contributed by atoms with E-state index < -0.39 is 11.2 Å². The molecule has 0 aromatic carbocycles. The Kier molecular flexibility index (Phi) is 4.49. The van der Waals surface area contributed by atoms with E-state index in [0.717, 1.165) is 5.82 Å². The molecule has 2 N–H and O–H groups in total. The molecule has 0 atom stereocenters. The van der Waals surface area contributed by atoms with Crippen molar-refractivity contribution in [1.82, 2.24) is 18.9 Å². The number of anilines is 1. The van der Waals surface area contributed by atoms with Gasteiger partial charge in [0.1, 0.15) is 17.5 Å². The first-order valence-corrected chi connectivity index (χ1v) is 7.10. The predicted octanol–water partition coefficient (Wildman–Crippen LogP) is 0.495. The van der Waals surface area contributed by atoms with Crippen LogP contribution >= 0.6 is 11.5 Å². The summed E-state index contributed by atoms with van der Waals surface area (Å²) in [5.41, 5.74) is -1.30. The number of hydrogen-bond donors (Lipinski definition) is 2. The van der Waals surface area contributed by atoms with E-state index in [0.29, 0.717) is 18.2 Å². The Balaban J connectivity index is 2.02. The van der Waals surface area contributed by atoms with Crippen LogP contribution < -0.4 is 16.6 Å². The molecule has 2 rings (SSSR count). The zero-order valence-electron chi connectivity index (χ0n) is 11.6. The van der Waals surface area contributed by atoms with Crippen LogP contribution in [0.3, 0.4) is 0 Å². The van der Waals surface area contributed by atoms with E-state index >= 15 is 0 Å². The standard InChI is InChI=1S/C12H14N6O2S/c1-7(2)9-15-11(21-17-9)14-3-4-18-6-8(5-13)10(19)16-12(18)20/h6-7H,3-4H2,1-2H3,(H,14,15,17)(H,16,19,20). The molecule has 0 aliphatic rings. The second-order valence-electron chi connectivity index (χ2n) is 4.65. The molecular weight excluding hydrogens is 292 g/mol. The minimum absolute atomic E-state index is 0.0902. The molecule has 2 heterocycles. The average molecular weight is 306 g/mol. The fourth-order valence-corrected chi connectivity index (χ4v) is 2.31. The minimum atomic E-state index is -0.669. The third kappa shape index (κ3) is 3.55. The third-order valence-corrected chi connectivity index (χ3v) is 3.41. The zero-order valence-corrected chi connectivity index (χ0v) is 12.4. The lowest BCUT2D eigenvalue weighted by Crippen LogP contribution is -2.32. The van der Waals surface area contributed by atoms with Gasteiger partial charge in [0.05, 0.1) is 0 Å². The van der Waals surface area contributed by atoms with Crippen LogP contribution in [-0.4, -0.2) is 25.5 Å². The smallest absolute Gasteiger partial charge is 0.328 e. The third-order valence-electron chi connectivity index (χ3n) is 2.72. The number of nitrogens with zero attached hydrogens (tertiary/aromatic N) is 4. The first-order valence-electron chi connectivity index (χ1n) is 6.32. The highest BCUT2D eigenvalue weighted by Crippen LogP contribution is 2.16. The van der Waals surface area contributed by atoms with Crippen molar-refractivity contribution >= 4 is 16.7 Å². The van der Waals surface area contributed by atoms with Crippen LogP contribution in [0.1, 0.15) is 31.2 Å². The molecule has 110 valence electrons. The molecule has 9 heteroatoms. The van der Waals surface area contributed by atoms with E-state index in [1.165, 1.54) is 22.3 Å². The normalized spacial score (nSPS) is 10.6. The molecular formula is C12H14N6O2S.